The van der Waals surface area contributed by atoms with Gasteiger partial charge in [0, 0.05) is 25.6 Å². The number of aryl methyl sites for hydroxylation is 1. The number of carbonyl (C=O) groups is 1. The Kier molecular flexibility index (Phi) is 7.61. The minimum absolute atomic E-state index is 0.0821. The van der Waals surface area contributed by atoms with E-state index in [1.807, 2.05) is 6.92 Å². The molecule has 0 aliphatic rings. The summed E-state index contributed by atoms with van der Waals surface area (Å²) in [5.74, 6) is 1.37. The lowest BCUT2D eigenvalue weighted by Gasteiger charge is -2.12. The number of ether oxygens (including phenoxy) is 3. The maximum absolute atomic E-state index is 13.4. The van der Waals surface area contributed by atoms with E-state index in [9.17, 15) is 9.18 Å². The van der Waals surface area contributed by atoms with Crippen LogP contribution in [0.4, 0.5) is 4.39 Å². The smallest absolute Gasteiger partial charge is 0.226 e. The second-order valence-corrected chi connectivity index (χ2v) is 6.88. The number of nitrogens with zero attached hydrogens (tertiary/aromatic N) is 2. The van der Waals surface area contributed by atoms with Crippen molar-refractivity contribution in [3.63, 3.8) is 0 Å². The number of hydrogen-bond donors (Lipinski definition) is 1. The Hall–Kier alpha value is -3.39. The maximum atomic E-state index is 13.4. The lowest BCUT2D eigenvalue weighted by molar-refractivity contribution is -0.121. The van der Waals surface area contributed by atoms with Gasteiger partial charge in [0.05, 0.1) is 25.1 Å². The summed E-state index contributed by atoms with van der Waals surface area (Å²) in [7, 11) is 3.18. The summed E-state index contributed by atoms with van der Waals surface area (Å²) in [6.45, 7) is 2.77. The number of aromatic nitrogens is 2. The van der Waals surface area contributed by atoms with E-state index < -0.39 is 0 Å². The molecule has 0 saturated heterocycles. The number of methoxy groups -OCH3 is 2. The molecule has 1 amide bonds. The lowest BCUT2D eigenvalue weighted by Crippen LogP contribution is -2.27. The monoisotopic (exact) mass is 427 g/mol. The SMILES string of the molecule is COCCNC(=O)CCc1c(C)nn(-c2ccc(F)cc2)c1Oc1ccc(OC)cc1. The molecule has 0 unspecified atom stereocenters. The van der Waals surface area contributed by atoms with Gasteiger partial charge in [-0.2, -0.15) is 5.10 Å². The summed E-state index contributed by atoms with van der Waals surface area (Å²) in [4.78, 5) is 12.2. The molecule has 1 heterocycles. The standard InChI is InChI=1S/C23H26FN3O4/c1-16-21(12-13-22(28)25-14-15-29-2)23(31-20-10-8-19(30-3)9-11-20)27(26-16)18-6-4-17(24)5-7-18/h4-11H,12-15H2,1-3H3,(H,25,28). The Balaban J connectivity index is 1.89. The molecule has 0 aliphatic heterocycles. The second-order valence-electron chi connectivity index (χ2n) is 6.88. The fourth-order valence-corrected chi connectivity index (χ4v) is 3.06. The zero-order valence-electron chi connectivity index (χ0n) is 17.9. The number of rotatable bonds is 10. The molecule has 2 aromatic carbocycles. The zero-order chi connectivity index (χ0) is 22.2. The predicted octanol–water partition coefficient (Wildman–Crippen LogP) is 3.82. The minimum Gasteiger partial charge on any atom is -0.497 e. The fraction of sp³-hybridized carbons (Fsp3) is 0.304. The molecule has 0 bridgehead atoms. The Bertz CT molecular complexity index is 1000. The lowest BCUT2D eigenvalue weighted by atomic mass is 10.1. The molecular formula is C23H26FN3O4. The minimum atomic E-state index is -0.335. The van der Waals surface area contributed by atoms with Crippen molar-refractivity contribution < 1.29 is 23.4 Å². The highest BCUT2D eigenvalue weighted by atomic mass is 19.1. The Morgan fingerprint density at radius 2 is 1.74 bits per heavy atom. The van der Waals surface area contributed by atoms with Gasteiger partial charge in [-0.3, -0.25) is 4.79 Å². The summed E-state index contributed by atoms with van der Waals surface area (Å²) in [5, 5.41) is 7.40. The van der Waals surface area contributed by atoms with Crippen LogP contribution in [0.3, 0.4) is 0 Å². The molecule has 1 N–H and O–H groups in total. The quantitative estimate of drug-likeness (QED) is 0.498. The van der Waals surface area contributed by atoms with E-state index in [1.165, 1.54) is 12.1 Å². The first-order chi connectivity index (χ1) is 15.0. The highest BCUT2D eigenvalue weighted by Gasteiger charge is 2.20. The molecule has 0 saturated carbocycles. The van der Waals surface area contributed by atoms with E-state index in [0.717, 1.165) is 11.3 Å². The van der Waals surface area contributed by atoms with Crippen molar-refractivity contribution in [1.29, 1.82) is 0 Å². The van der Waals surface area contributed by atoms with E-state index in [-0.39, 0.29) is 18.1 Å². The van der Waals surface area contributed by atoms with Gasteiger partial charge in [0.15, 0.2) is 0 Å². The molecule has 3 aromatic rings. The van der Waals surface area contributed by atoms with Crippen LogP contribution in [0.2, 0.25) is 0 Å². The Labute approximate surface area is 180 Å². The van der Waals surface area contributed by atoms with Crippen molar-refractivity contribution in [2.24, 2.45) is 0 Å². The maximum Gasteiger partial charge on any atom is 0.226 e. The molecule has 0 aliphatic carbocycles. The van der Waals surface area contributed by atoms with E-state index in [4.69, 9.17) is 14.2 Å². The largest absolute Gasteiger partial charge is 0.497 e. The molecule has 0 atom stereocenters. The third-order valence-corrected chi connectivity index (χ3v) is 4.71. The molecule has 8 heteroatoms. The van der Waals surface area contributed by atoms with Crippen LogP contribution < -0.4 is 14.8 Å². The summed E-state index contributed by atoms with van der Waals surface area (Å²) in [6.07, 6.45) is 0.718. The molecule has 7 nitrogen and oxygen atoms in total. The van der Waals surface area contributed by atoms with Crippen LogP contribution in [0.25, 0.3) is 5.69 Å². The first-order valence-electron chi connectivity index (χ1n) is 9.93. The number of carbonyl (C=O) groups excluding carboxylic acids is 1. The predicted molar refractivity (Wildman–Crippen MR) is 115 cm³/mol. The van der Waals surface area contributed by atoms with E-state index in [1.54, 1.807) is 55.3 Å². The molecule has 0 radical (unpaired) electrons. The van der Waals surface area contributed by atoms with Crippen LogP contribution in [-0.2, 0) is 16.0 Å². The van der Waals surface area contributed by atoms with E-state index >= 15 is 0 Å². The molecule has 3 rings (SSSR count). The van der Waals surface area contributed by atoms with Crippen molar-refractivity contribution in [3.05, 3.63) is 65.6 Å². The van der Waals surface area contributed by atoms with Gasteiger partial charge < -0.3 is 19.5 Å². The second kappa shape index (κ2) is 10.6. The molecule has 164 valence electrons. The third kappa shape index (κ3) is 5.82. The van der Waals surface area contributed by atoms with Gasteiger partial charge in [0.25, 0.3) is 0 Å². The van der Waals surface area contributed by atoms with Gasteiger partial charge >= 0.3 is 0 Å². The zero-order valence-corrected chi connectivity index (χ0v) is 17.9. The topological polar surface area (TPSA) is 74.6 Å². The summed E-state index contributed by atoms with van der Waals surface area (Å²) in [6, 6.07) is 13.2. The van der Waals surface area contributed by atoms with Crippen LogP contribution in [-0.4, -0.2) is 43.1 Å². The molecule has 0 spiro atoms. The van der Waals surface area contributed by atoms with Gasteiger partial charge in [-0.25, -0.2) is 9.07 Å². The van der Waals surface area contributed by atoms with Crippen LogP contribution >= 0.6 is 0 Å². The number of amides is 1. The fourth-order valence-electron chi connectivity index (χ4n) is 3.06. The first kappa shape index (κ1) is 22.3. The van der Waals surface area contributed by atoms with E-state index in [2.05, 4.69) is 10.4 Å². The first-order valence-corrected chi connectivity index (χ1v) is 9.93. The van der Waals surface area contributed by atoms with Crippen LogP contribution in [0.15, 0.2) is 48.5 Å². The number of benzene rings is 2. The highest BCUT2D eigenvalue weighted by molar-refractivity contribution is 5.76. The van der Waals surface area contributed by atoms with Crippen molar-refractivity contribution >= 4 is 5.91 Å². The average molecular weight is 427 g/mol. The third-order valence-electron chi connectivity index (χ3n) is 4.71. The van der Waals surface area contributed by atoms with Gasteiger partial charge in [0.1, 0.15) is 17.3 Å². The van der Waals surface area contributed by atoms with Gasteiger partial charge in [-0.1, -0.05) is 0 Å². The van der Waals surface area contributed by atoms with Gasteiger partial charge in [0.2, 0.25) is 11.8 Å². The Morgan fingerprint density at radius 3 is 2.39 bits per heavy atom. The molecular weight excluding hydrogens is 401 g/mol. The summed E-state index contributed by atoms with van der Waals surface area (Å²) >= 11 is 0. The van der Waals surface area contributed by atoms with Gasteiger partial charge in [-0.15, -0.1) is 0 Å². The number of halogens is 1. The van der Waals surface area contributed by atoms with E-state index in [0.29, 0.717) is 42.6 Å². The van der Waals surface area contributed by atoms with Crippen LogP contribution in [0.5, 0.6) is 17.4 Å². The van der Waals surface area contributed by atoms with Crippen LogP contribution in [0, 0.1) is 12.7 Å². The highest BCUT2D eigenvalue weighted by Crippen LogP contribution is 2.32. The normalized spacial score (nSPS) is 10.7. The Morgan fingerprint density at radius 1 is 1.06 bits per heavy atom. The number of nitrogens with one attached hydrogen (secondary N) is 1. The van der Waals surface area contributed by atoms with Crippen molar-refractivity contribution in [1.82, 2.24) is 15.1 Å². The molecule has 0 fully saturated rings. The summed E-state index contributed by atoms with van der Waals surface area (Å²) in [5.41, 5.74) is 2.20. The molecule has 31 heavy (non-hydrogen) atoms. The van der Waals surface area contributed by atoms with Crippen molar-refractivity contribution in [3.8, 4) is 23.1 Å². The van der Waals surface area contributed by atoms with Crippen molar-refractivity contribution in [2.45, 2.75) is 19.8 Å². The number of hydrogen-bond acceptors (Lipinski definition) is 5. The molecule has 1 aromatic heterocycles. The van der Waals surface area contributed by atoms with Crippen molar-refractivity contribution in [2.75, 3.05) is 27.4 Å². The average Bonchev–Trinajstić information content (AvgIpc) is 3.08. The summed E-state index contributed by atoms with van der Waals surface area (Å²) < 4.78 is 31.4. The van der Waals surface area contributed by atoms with Crippen LogP contribution in [0.1, 0.15) is 17.7 Å². The van der Waals surface area contributed by atoms with Gasteiger partial charge in [-0.05, 0) is 61.9 Å².